The van der Waals surface area contributed by atoms with E-state index in [2.05, 4.69) is 10.4 Å². The summed E-state index contributed by atoms with van der Waals surface area (Å²) in [6.45, 7) is 0. The van der Waals surface area contributed by atoms with Gasteiger partial charge < -0.3 is 0 Å². The fraction of sp³-hybridized carbons (Fsp3) is 0.154. The molecule has 18 heavy (non-hydrogen) atoms. The highest BCUT2D eigenvalue weighted by molar-refractivity contribution is 5.22. The van der Waals surface area contributed by atoms with E-state index in [1.165, 1.54) is 18.2 Å². The molecule has 3 nitrogen and oxygen atoms in total. The molecule has 5 heteroatoms. The van der Waals surface area contributed by atoms with Gasteiger partial charge in [0.25, 0.3) is 0 Å². The lowest BCUT2D eigenvalue weighted by Gasteiger charge is -2.16. The van der Waals surface area contributed by atoms with E-state index in [-0.39, 0.29) is 11.9 Å². The van der Waals surface area contributed by atoms with Crippen LogP contribution in [-0.2, 0) is 6.42 Å². The molecule has 0 radical (unpaired) electrons. The van der Waals surface area contributed by atoms with Gasteiger partial charge in [0.2, 0.25) is 0 Å². The Kier molecular flexibility index (Phi) is 3.96. The van der Waals surface area contributed by atoms with Crippen LogP contribution in [0.1, 0.15) is 17.2 Å². The van der Waals surface area contributed by atoms with Crippen LogP contribution in [-0.4, -0.2) is 4.98 Å². The number of hydrogen-bond acceptors (Lipinski definition) is 3. The lowest BCUT2D eigenvalue weighted by atomic mass is 10.0. The number of nitrogens with two attached hydrogens (primary N) is 1. The number of nitrogens with zero attached hydrogens (tertiary/aromatic N) is 1. The average molecular weight is 249 g/mol. The van der Waals surface area contributed by atoms with E-state index in [0.29, 0.717) is 12.0 Å². The van der Waals surface area contributed by atoms with Gasteiger partial charge >= 0.3 is 0 Å². The molecule has 0 spiro atoms. The maximum absolute atomic E-state index is 13.1. The van der Waals surface area contributed by atoms with E-state index >= 15 is 0 Å². The Morgan fingerprint density at radius 1 is 1.11 bits per heavy atom. The van der Waals surface area contributed by atoms with Crippen molar-refractivity contribution in [3.8, 4) is 0 Å². The molecular formula is C13H13F2N3. The van der Waals surface area contributed by atoms with Crippen LogP contribution in [0.25, 0.3) is 0 Å². The molecule has 0 saturated heterocycles. The van der Waals surface area contributed by atoms with Crippen LogP contribution in [0.5, 0.6) is 0 Å². The summed E-state index contributed by atoms with van der Waals surface area (Å²) in [6.07, 6.45) is 3.22. The molecule has 1 heterocycles. The first kappa shape index (κ1) is 12.6. The number of pyridine rings is 1. The summed E-state index contributed by atoms with van der Waals surface area (Å²) in [5.74, 6) is 4.76. The van der Waals surface area contributed by atoms with Crippen molar-refractivity contribution < 1.29 is 8.78 Å². The third kappa shape index (κ3) is 3.09. The van der Waals surface area contributed by atoms with E-state index in [0.717, 1.165) is 11.8 Å². The minimum absolute atomic E-state index is 0.265. The molecule has 1 aromatic carbocycles. The zero-order valence-corrected chi connectivity index (χ0v) is 9.61. The first-order valence-corrected chi connectivity index (χ1v) is 5.50. The second-order valence-corrected chi connectivity index (χ2v) is 3.99. The number of aromatic nitrogens is 1. The predicted molar refractivity (Wildman–Crippen MR) is 64.4 cm³/mol. The molecule has 0 amide bonds. The standard InChI is InChI=1S/C13H13F2N3/c14-11-3-1-9(2-4-11)5-13(18-16)10-6-12(15)8-17-7-10/h1-4,6-8,13,18H,5,16H2. The average Bonchev–Trinajstić information content (AvgIpc) is 2.38. The summed E-state index contributed by atoms with van der Waals surface area (Å²) in [4.78, 5) is 3.78. The van der Waals surface area contributed by atoms with E-state index in [4.69, 9.17) is 5.84 Å². The topological polar surface area (TPSA) is 50.9 Å². The molecule has 1 atom stereocenters. The molecule has 0 aliphatic rings. The summed E-state index contributed by atoms with van der Waals surface area (Å²) in [6, 6.07) is 7.22. The van der Waals surface area contributed by atoms with Crippen molar-refractivity contribution in [2.24, 2.45) is 5.84 Å². The molecule has 2 aromatic rings. The van der Waals surface area contributed by atoms with Crippen LogP contribution < -0.4 is 11.3 Å². The molecular weight excluding hydrogens is 236 g/mol. The summed E-state index contributed by atoms with van der Waals surface area (Å²) in [7, 11) is 0. The zero-order chi connectivity index (χ0) is 13.0. The zero-order valence-electron chi connectivity index (χ0n) is 9.61. The van der Waals surface area contributed by atoms with Crippen molar-refractivity contribution in [2.45, 2.75) is 12.5 Å². The normalized spacial score (nSPS) is 12.4. The minimum atomic E-state index is -0.410. The molecule has 94 valence electrons. The van der Waals surface area contributed by atoms with Crippen LogP contribution in [0.4, 0.5) is 8.78 Å². The Morgan fingerprint density at radius 3 is 2.44 bits per heavy atom. The fourth-order valence-corrected chi connectivity index (χ4v) is 1.75. The Labute approximate surface area is 104 Å². The second kappa shape index (κ2) is 5.66. The monoisotopic (exact) mass is 249 g/mol. The van der Waals surface area contributed by atoms with E-state index in [9.17, 15) is 8.78 Å². The van der Waals surface area contributed by atoms with Gasteiger partial charge in [0, 0.05) is 6.20 Å². The SMILES string of the molecule is NNC(Cc1ccc(F)cc1)c1cncc(F)c1. The third-order valence-corrected chi connectivity index (χ3v) is 2.68. The van der Waals surface area contributed by atoms with E-state index < -0.39 is 5.82 Å². The molecule has 0 bridgehead atoms. The van der Waals surface area contributed by atoms with Gasteiger partial charge in [-0.25, -0.2) is 8.78 Å². The third-order valence-electron chi connectivity index (χ3n) is 2.68. The highest BCUT2D eigenvalue weighted by atomic mass is 19.1. The number of nitrogens with one attached hydrogen (secondary N) is 1. The van der Waals surface area contributed by atoms with Crippen molar-refractivity contribution in [2.75, 3.05) is 0 Å². The highest BCUT2D eigenvalue weighted by Gasteiger charge is 2.11. The number of rotatable bonds is 4. The Morgan fingerprint density at radius 2 is 1.83 bits per heavy atom. The van der Waals surface area contributed by atoms with Gasteiger partial charge in [0.15, 0.2) is 0 Å². The van der Waals surface area contributed by atoms with Gasteiger partial charge in [-0.15, -0.1) is 0 Å². The van der Waals surface area contributed by atoms with Crippen LogP contribution in [0.3, 0.4) is 0 Å². The van der Waals surface area contributed by atoms with Gasteiger partial charge in [-0.05, 0) is 35.7 Å². The predicted octanol–water partition coefficient (Wildman–Crippen LogP) is 2.11. The van der Waals surface area contributed by atoms with Crippen molar-refractivity contribution in [1.82, 2.24) is 10.4 Å². The second-order valence-electron chi connectivity index (χ2n) is 3.99. The molecule has 1 aromatic heterocycles. The number of halogens is 2. The molecule has 1 unspecified atom stereocenters. The summed E-state index contributed by atoms with van der Waals surface area (Å²) >= 11 is 0. The Hall–Kier alpha value is -1.85. The fourth-order valence-electron chi connectivity index (χ4n) is 1.75. The molecule has 0 saturated carbocycles. The smallest absolute Gasteiger partial charge is 0.141 e. The van der Waals surface area contributed by atoms with Crippen LogP contribution in [0, 0.1) is 11.6 Å². The lowest BCUT2D eigenvalue weighted by Crippen LogP contribution is -2.29. The maximum Gasteiger partial charge on any atom is 0.141 e. The summed E-state index contributed by atoms with van der Waals surface area (Å²) < 4.78 is 25.9. The van der Waals surface area contributed by atoms with Gasteiger partial charge in [-0.3, -0.25) is 16.3 Å². The first-order chi connectivity index (χ1) is 8.69. The van der Waals surface area contributed by atoms with Crippen molar-refractivity contribution in [3.05, 3.63) is 65.5 Å². The Bertz CT molecular complexity index is 514. The van der Waals surface area contributed by atoms with Crippen LogP contribution in [0.15, 0.2) is 42.7 Å². The maximum atomic E-state index is 13.1. The van der Waals surface area contributed by atoms with E-state index in [1.807, 2.05) is 0 Å². The van der Waals surface area contributed by atoms with Gasteiger partial charge in [0.1, 0.15) is 11.6 Å². The van der Waals surface area contributed by atoms with Crippen LogP contribution >= 0.6 is 0 Å². The molecule has 0 aliphatic carbocycles. The van der Waals surface area contributed by atoms with Crippen molar-refractivity contribution in [3.63, 3.8) is 0 Å². The number of benzene rings is 1. The molecule has 2 rings (SSSR count). The van der Waals surface area contributed by atoms with E-state index in [1.54, 1.807) is 18.3 Å². The van der Waals surface area contributed by atoms with Gasteiger partial charge in [0.05, 0.1) is 12.2 Å². The van der Waals surface area contributed by atoms with Crippen molar-refractivity contribution in [1.29, 1.82) is 0 Å². The molecule has 0 fully saturated rings. The van der Waals surface area contributed by atoms with Crippen molar-refractivity contribution >= 4 is 0 Å². The number of hydrazine groups is 1. The lowest BCUT2D eigenvalue weighted by molar-refractivity contribution is 0.540. The minimum Gasteiger partial charge on any atom is -0.271 e. The summed E-state index contributed by atoms with van der Waals surface area (Å²) in [5, 5.41) is 0. The first-order valence-electron chi connectivity index (χ1n) is 5.50. The highest BCUT2D eigenvalue weighted by Crippen LogP contribution is 2.17. The number of hydrogen-bond donors (Lipinski definition) is 2. The van der Waals surface area contributed by atoms with Gasteiger partial charge in [-0.1, -0.05) is 12.1 Å². The molecule has 3 N–H and O–H groups in total. The molecule has 0 aliphatic heterocycles. The van der Waals surface area contributed by atoms with Gasteiger partial charge in [-0.2, -0.15) is 0 Å². The Balaban J connectivity index is 2.17. The summed E-state index contributed by atoms with van der Waals surface area (Å²) in [5.41, 5.74) is 4.17. The largest absolute Gasteiger partial charge is 0.271 e. The van der Waals surface area contributed by atoms with Crippen LogP contribution in [0.2, 0.25) is 0 Å². The quantitative estimate of drug-likeness (QED) is 0.644.